The summed E-state index contributed by atoms with van der Waals surface area (Å²) in [5.41, 5.74) is 0.434. The van der Waals surface area contributed by atoms with Crippen LogP contribution in [0.1, 0.15) is 26.7 Å². The van der Waals surface area contributed by atoms with Crippen LogP contribution in [0, 0.1) is 0 Å². The zero-order valence-corrected chi connectivity index (χ0v) is 17.1. The van der Waals surface area contributed by atoms with Crippen LogP contribution in [-0.2, 0) is 9.53 Å². The Morgan fingerprint density at radius 2 is 2.04 bits per heavy atom. The summed E-state index contributed by atoms with van der Waals surface area (Å²) >= 11 is 1.19. The van der Waals surface area contributed by atoms with Crippen LogP contribution in [0.3, 0.4) is 0 Å². The van der Waals surface area contributed by atoms with Gasteiger partial charge in [-0.25, -0.2) is 0 Å². The second kappa shape index (κ2) is 9.69. The summed E-state index contributed by atoms with van der Waals surface area (Å²) < 4.78 is 5.71. The zero-order chi connectivity index (χ0) is 20.3. The molecular weight excluding hydrogens is 372 g/mol. The predicted molar refractivity (Wildman–Crippen MR) is 103 cm³/mol. The smallest absolute Gasteiger partial charge is 0.238 e. The number of nitrogens with zero attached hydrogens (tertiary/aromatic N) is 1. The predicted octanol–water partition coefficient (Wildman–Crippen LogP) is -0.937. The van der Waals surface area contributed by atoms with Crippen molar-refractivity contribution >= 4 is 17.7 Å². The van der Waals surface area contributed by atoms with Crippen molar-refractivity contribution in [2.75, 3.05) is 19.8 Å². The van der Waals surface area contributed by atoms with Crippen molar-refractivity contribution in [3.8, 4) is 0 Å². The summed E-state index contributed by atoms with van der Waals surface area (Å²) in [6.07, 6.45) is -0.812. The molecule has 1 amide bonds. The van der Waals surface area contributed by atoms with Crippen molar-refractivity contribution in [1.82, 2.24) is 10.2 Å². The first kappa shape index (κ1) is 22.6. The maximum Gasteiger partial charge on any atom is 0.238 e. The molecule has 0 radical (unpaired) electrons. The molecule has 27 heavy (non-hydrogen) atoms. The summed E-state index contributed by atoms with van der Waals surface area (Å²) in [5.74, 6) is -0.264. The van der Waals surface area contributed by atoms with E-state index in [0.717, 1.165) is 6.42 Å². The highest BCUT2D eigenvalue weighted by atomic mass is 32.2. The molecule has 0 saturated carbocycles. The summed E-state index contributed by atoms with van der Waals surface area (Å²) in [6.45, 7) is 4.26. The Hall–Kier alpha value is -0.680. The molecule has 8 atom stereocenters. The lowest BCUT2D eigenvalue weighted by Crippen LogP contribution is -2.65. The van der Waals surface area contributed by atoms with Gasteiger partial charge in [0.2, 0.25) is 5.91 Å². The minimum atomic E-state index is -1.43. The van der Waals surface area contributed by atoms with Gasteiger partial charge in [0.25, 0.3) is 0 Å². The third-order valence-electron chi connectivity index (χ3n) is 5.26. The number of aliphatic hydroxyl groups excluding tert-OH is 4. The summed E-state index contributed by atoms with van der Waals surface area (Å²) in [5, 5.41) is 43.5. The quantitative estimate of drug-likeness (QED) is 0.360. The van der Waals surface area contributed by atoms with Crippen LogP contribution in [-0.4, -0.2) is 99.1 Å². The number of likely N-dealkylation sites (tertiary alicyclic amines) is 1. The zero-order valence-electron chi connectivity index (χ0n) is 16.3. The normalized spacial score (nSPS) is 38.7. The minimum Gasteiger partial charge on any atom is -0.391 e. The van der Waals surface area contributed by atoms with Crippen LogP contribution >= 0.6 is 11.8 Å². The molecule has 0 aromatic heterocycles. The van der Waals surface area contributed by atoms with Gasteiger partial charge in [-0.1, -0.05) is 18.6 Å². The van der Waals surface area contributed by atoms with Gasteiger partial charge in [0.05, 0.1) is 18.2 Å². The Labute approximate surface area is 164 Å². The van der Waals surface area contributed by atoms with Crippen LogP contribution in [0.25, 0.3) is 0 Å². The number of allylic oxidation sites excluding steroid dienone is 1. The molecule has 5 N–H and O–H groups in total. The first-order valence-electron chi connectivity index (χ1n) is 9.30. The molecule has 0 aromatic rings. The molecule has 156 valence electrons. The van der Waals surface area contributed by atoms with Crippen LogP contribution in [0.5, 0.6) is 0 Å². The van der Waals surface area contributed by atoms with Gasteiger partial charge >= 0.3 is 0 Å². The van der Waals surface area contributed by atoms with Gasteiger partial charge in [-0.05, 0) is 33.1 Å². The molecular formula is C18H32N2O6S. The van der Waals surface area contributed by atoms with E-state index in [2.05, 4.69) is 11.4 Å². The topological polar surface area (TPSA) is 122 Å². The number of thioether (sulfide) groups is 1. The number of amides is 1. The molecule has 2 aliphatic heterocycles. The van der Waals surface area contributed by atoms with Crippen LogP contribution in [0.15, 0.2) is 11.6 Å². The van der Waals surface area contributed by atoms with Gasteiger partial charge in [0.15, 0.2) is 0 Å². The average molecular weight is 405 g/mol. The van der Waals surface area contributed by atoms with E-state index in [-0.39, 0.29) is 11.9 Å². The lowest BCUT2D eigenvalue weighted by molar-refractivity contribution is -0.211. The monoisotopic (exact) mass is 404 g/mol. The number of carbonyl (C=O) groups excluding carboxylic acids is 1. The molecule has 2 fully saturated rings. The third kappa shape index (κ3) is 5.03. The standard InChI is InChI=1S/C18H32N2O6S/c1-5-6-10-7-11(20(3)8-10)17(25)19-12(9(2)21)16-14(23)13(22)15(24)18(26-16)27-4/h6,9,11-16,18,21-24H,5,7-8H2,1-4H3,(H,19,25)/t9-,11+,12-,13+,14-,15-,16-,18-/m1/s1. The maximum absolute atomic E-state index is 12.8. The number of hydrogen-bond donors (Lipinski definition) is 5. The lowest BCUT2D eigenvalue weighted by atomic mass is 9.92. The molecule has 2 rings (SSSR count). The highest BCUT2D eigenvalue weighted by molar-refractivity contribution is 7.99. The van der Waals surface area contributed by atoms with E-state index in [0.29, 0.717) is 13.0 Å². The summed E-state index contributed by atoms with van der Waals surface area (Å²) in [7, 11) is 1.87. The molecule has 0 aromatic carbocycles. The van der Waals surface area contributed by atoms with Gasteiger partial charge in [0.1, 0.15) is 29.9 Å². The first-order chi connectivity index (χ1) is 12.7. The van der Waals surface area contributed by atoms with Gasteiger partial charge in [-0.15, -0.1) is 11.8 Å². The molecule has 0 spiro atoms. The Balaban J connectivity index is 2.13. The Kier molecular flexibility index (Phi) is 8.11. The van der Waals surface area contributed by atoms with Crippen molar-refractivity contribution in [2.24, 2.45) is 0 Å². The first-order valence-corrected chi connectivity index (χ1v) is 10.6. The van der Waals surface area contributed by atoms with Gasteiger partial charge in [0, 0.05) is 6.54 Å². The summed E-state index contributed by atoms with van der Waals surface area (Å²) in [6, 6.07) is -1.28. The van der Waals surface area contributed by atoms with Crippen molar-refractivity contribution in [1.29, 1.82) is 0 Å². The van der Waals surface area contributed by atoms with E-state index in [1.165, 1.54) is 24.3 Å². The third-order valence-corrected chi connectivity index (χ3v) is 6.11. The lowest BCUT2D eigenvalue weighted by Gasteiger charge is -2.44. The van der Waals surface area contributed by atoms with E-state index in [1.54, 1.807) is 6.26 Å². The number of rotatable bonds is 6. The number of likely N-dealkylation sites (N-methyl/N-ethyl adjacent to an activating group) is 1. The number of hydrogen-bond acceptors (Lipinski definition) is 8. The van der Waals surface area contributed by atoms with E-state index >= 15 is 0 Å². The maximum atomic E-state index is 12.8. The number of ether oxygens (including phenoxy) is 1. The molecule has 0 aliphatic carbocycles. The van der Waals surface area contributed by atoms with E-state index in [1.807, 2.05) is 18.9 Å². The van der Waals surface area contributed by atoms with Crippen LogP contribution in [0.2, 0.25) is 0 Å². The fourth-order valence-electron chi connectivity index (χ4n) is 3.73. The number of nitrogens with one attached hydrogen (secondary N) is 1. The Morgan fingerprint density at radius 3 is 2.59 bits per heavy atom. The number of carbonyl (C=O) groups is 1. The SMILES string of the molecule is CCC=C1C[C@@H](C(=O)N[C@@H]([C@H]2O[C@H](SC)[C@H](O)[C@@H](O)[C@H]2O)[C@@H](C)O)N(C)C1. The Bertz CT molecular complexity index is 544. The molecule has 2 heterocycles. The van der Waals surface area contributed by atoms with Crippen molar-refractivity contribution in [3.05, 3.63) is 11.6 Å². The van der Waals surface area contributed by atoms with Crippen LogP contribution < -0.4 is 5.32 Å². The second-order valence-electron chi connectivity index (χ2n) is 7.36. The highest BCUT2D eigenvalue weighted by Crippen LogP contribution is 2.30. The largest absolute Gasteiger partial charge is 0.391 e. The van der Waals surface area contributed by atoms with Crippen molar-refractivity contribution in [2.45, 2.75) is 74.7 Å². The van der Waals surface area contributed by atoms with E-state index in [4.69, 9.17) is 4.74 Å². The van der Waals surface area contributed by atoms with E-state index in [9.17, 15) is 25.2 Å². The molecule has 2 saturated heterocycles. The Morgan fingerprint density at radius 1 is 1.37 bits per heavy atom. The molecule has 0 unspecified atom stereocenters. The fourth-order valence-corrected chi connectivity index (χ4v) is 4.41. The summed E-state index contributed by atoms with van der Waals surface area (Å²) in [4.78, 5) is 14.8. The van der Waals surface area contributed by atoms with Gasteiger partial charge in [-0.2, -0.15) is 0 Å². The minimum absolute atomic E-state index is 0.264. The van der Waals surface area contributed by atoms with E-state index < -0.39 is 42.0 Å². The number of aliphatic hydroxyl groups is 4. The van der Waals surface area contributed by atoms with Gasteiger partial charge < -0.3 is 30.5 Å². The second-order valence-corrected chi connectivity index (χ2v) is 8.29. The van der Waals surface area contributed by atoms with Crippen molar-refractivity contribution in [3.63, 3.8) is 0 Å². The molecule has 2 aliphatic rings. The molecule has 8 nitrogen and oxygen atoms in total. The molecule has 9 heteroatoms. The fraction of sp³-hybridized carbons (Fsp3) is 0.833. The van der Waals surface area contributed by atoms with Crippen LogP contribution in [0.4, 0.5) is 0 Å². The average Bonchev–Trinajstić information content (AvgIpc) is 2.99. The van der Waals surface area contributed by atoms with Crippen molar-refractivity contribution < 1.29 is 30.0 Å². The highest BCUT2D eigenvalue weighted by Gasteiger charge is 2.48. The molecule has 0 bridgehead atoms. The van der Waals surface area contributed by atoms with Gasteiger partial charge in [-0.3, -0.25) is 9.69 Å².